The molecule has 0 heterocycles. The SMILES string of the molecule is CCC1CCCC2CCCCC1(CC)C2. The molecule has 88 valence electrons. The number of fused-ring (bicyclic) bond motifs is 2. The molecule has 0 amide bonds. The third kappa shape index (κ3) is 2.24. The number of rotatable bonds is 2. The Morgan fingerprint density at radius 3 is 2.53 bits per heavy atom. The van der Waals surface area contributed by atoms with E-state index in [9.17, 15) is 0 Å². The maximum atomic E-state index is 2.45. The van der Waals surface area contributed by atoms with Crippen LogP contribution >= 0.6 is 0 Å². The highest BCUT2D eigenvalue weighted by Crippen LogP contribution is 2.52. The molecule has 3 atom stereocenters. The molecule has 15 heavy (non-hydrogen) atoms. The summed E-state index contributed by atoms with van der Waals surface area (Å²) in [5.41, 5.74) is 0.756. The zero-order valence-corrected chi connectivity index (χ0v) is 10.7. The Labute approximate surface area is 95.8 Å². The van der Waals surface area contributed by atoms with Gasteiger partial charge in [0.05, 0.1) is 0 Å². The maximum Gasteiger partial charge on any atom is -0.0269 e. The van der Waals surface area contributed by atoms with Crippen LogP contribution in [0.5, 0.6) is 0 Å². The minimum absolute atomic E-state index is 0.756. The lowest BCUT2D eigenvalue weighted by Crippen LogP contribution is -2.29. The zero-order valence-electron chi connectivity index (χ0n) is 10.7. The summed E-state index contributed by atoms with van der Waals surface area (Å²) in [5, 5.41) is 0. The van der Waals surface area contributed by atoms with Crippen LogP contribution in [0.1, 0.15) is 78.1 Å². The van der Waals surface area contributed by atoms with Crippen molar-refractivity contribution >= 4 is 0 Å². The first-order valence-corrected chi connectivity index (χ1v) is 7.30. The molecule has 0 aromatic heterocycles. The van der Waals surface area contributed by atoms with Gasteiger partial charge in [0, 0.05) is 0 Å². The van der Waals surface area contributed by atoms with Crippen molar-refractivity contribution in [2.75, 3.05) is 0 Å². The summed E-state index contributed by atoms with van der Waals surface area (Å²) >= 11 is 0. The van der Waals surface area contributed by atoms with Crippen LogP contribution in [0, 0.1) is 17.3 Å². The highest BCUT2D eigenvalue weighted by Gasteiger charge is 2.40. The standard InChI is InChI=1S/C15H28/c1-3-14-10-7-9-13-8-5-6-11-15(14,4-2)12-13/h13-14H,3-12H2,1-2H3. The van der Waals surface area contributed by atoms with Crippen molar-refractivity contribution in [2.45, 2.75) is 78.1 Å². The fourth-order valence-electron chi connectivity index (χ4n) is 4.51. The second-order valence-corrected chi connectivity index (χ2v) is 6.07. The quantitative estimate of drug-likeness (QED) is 0.587. The van der Waals surface area contributed by atoms with Crippen LogP contribution in [-0.4, -0.2) is 0 Å². The van der Waals surface area contributed by atoms with Gasteiger partial charge in [-0.25, -0.2) is 0 Å². The van der Waals surface area contributed by atoms with Gasteiger partial charge >= 0.3 is 0 Å². The van der Waals surface area contributed by atoms with E-state index < -0.39 is 0 Å². The van der Waals surface area contributed by atoms with Gasteiger partial charge in [-0.15, -0.1) is 0 Å². The molecule has 2 fully saturated rings. The fourth-order valence-corrected chi connectivity index (χ4v) is 4.51. The largest absolute Gasteiger partial charge is 0.0651 e. The topological polar surface area (TPSA) is 0 Å². The van der Waals surface area contributed by atoms with Gasteiger partial charge in [-0.1, -0.05) is 58.8 Å². The molecule has 0 radical (unpaired) electrons. The summed E-state index contributed by atoms with van der Waals surface area (Å²) in [6.45, 7) is 4.88. The number of hydrogen-bond donors (Lipinski definition) is 0. The van der Waals surface area contributed by atoms with E-state index in [0.29, 0.717) is 0 Å². The Bertz CT molecular complexity index is 196. The highest BCUT2D eigenvalue weighted by atomic mass is 14.5. The maximum absolute atomic E-state index is 2.45. The Balaban J connectivity index is 2.20. The molecule has 0 spiro atoms. The van der Waals surface area contributed by atoms with Crippen molar-refractivity contribution < 1.29 is 0 Å². The van der Waals surface area contributed by atoms with E-state index in [1.54, 1.807) is 12.8 Å². The van der Waals surface area contributed by atoms with Gasteiger partial charge < -0.3 is 0 Å². The molecule has 2 saturated carbocycles. The predicted molar refractivity (Wildman–Crippen MR) is 66.9 cm³/mol. The Morgan fingerprint density at radius 1 is 1.00 bits per heavy atom. The minimum atomic E-state index is 0.756. The van der Waals surface area contributed by atoms with E-state index in [1.165, 1.54) is 51.4 Å². The van der Waals surface area contributed by atoms with E-state index in [-0.39, 0.29) is 0 Å². The monoisotopic (exact) mass is 208 g/mol. The molecule has 0 aromatic rings. The van der Waals surface area contributed by atoms with Gasteiger partial charge in [-0.3, -0.25) is 0 Å². The van der Waals surface area contributed by atoms with Crippen molar-refractivity contribution in [1.82, 2.24) is 0 Å². The minimum Gasteiger partial charge on any atom is -0.0651 e. The lowest BCUT2D eigenvalue weighted by atomic mass is 9.66. The van der Waals surface area contributed by atoms with Crippen LogP contribution in [0.2, 0.25) is 0 Å². The molecule has 0 saturated heterocycles. The Morgan fingerprint density at radius 2 is 1.80 bits per heavy atom. The smallest absolute Gasteiger partial charge is 0.0269 e. The molecule has 2 aliphatic rings. The summed E-state index contributed by atoms with van der Waals surface area (Å²) in [4.78, 5) is 0. The van der Waals surface area contributed by atoms with Crippen molar-refractivity contribution in [1.29, 1.82) is 0 Å². The van der Waals surface area contributed by atoms with Crippen LogP contribution in [0.25, 0.3) is 0 Å². The number of hydrogen-bond acceptors (Lipinski definition) is 0. The molecular weight excluding hydrogens is 180 g/mol. The van der Waals surface area contributed by atoms with Crippen molar-refractivity contribution in [3.8, 4) is 0 Å². The summed E-state index contributed by atoms with van der Waals surface area (Å²) < 4.78 is 0. The summed E-state index contributed by atoms with van der Waals surface area (Å²) in [6.07, 6.45) is 15.1. The molecular formula is C15H28. The first kappa shape index (κ1) is 11.5. The van der Waals surface area contributed by atoms with Gasteiger partial charge in [-0.05, 0) is 36.5 Å². The first-order chi connectivity index (χ1) is 7.30. The van der Waals surface area contributed by atoms with Crippen LogP contribution in [0.4, 0.5) is 0 Å². The highest BCUT2D eigenvalue weighted by molar-refractivity contribution is 4.91. The fraction of sp³-hybridized carbons (Fsp3) is 1.00. The van der Waals surface area contributed by atoms with Crippen molar-refractivity contribution in [2.24, 2.45) is 17.3 Å². The summed E-state index contributed by atoms with van der Waals surface area (Å²) in [7, 11) is 0. The van der Waals surface area contributed by atoms with Gasteiger partial charge in [0.15, 0.2) is 0 Å². The molecule has 0 nitrogen and oxygen atoms in total. The molecule has 3 unspecified atom stereocenters. The third-order valence-corrected chi connectivity index (χ3v) is 5.46. The molecule has 0 aliphatic heterocycles. The second kappa shape index (κ2) is 4.89. The van der Waals surface area contributed by atoms with Crippen molar-refractivity contribution in [3.63, 3.8) is 0 Å². The predicted octanol–water partition coefficient (Wildman–Crippen LogP) is 5.17. The average Bonchev–Trinajstić information content (AvgIpc) is 2.58. The molecule has 2 rings (SSSR count). The van der Waals surface area contributed by atoms with E-state index in [2.05, 4.69) is 13.8 Å². The third-order valence-electron chi connectivity index (χ3n) is 5.46. The average molecular weight is 208 g/mol. The molecule has 0 heteroatoms. The van der Waals surface area contributed by atoms with E-state index in [4.69, 9.17) is 0 Å². The molecule has 0 aromatic carbocycles. The van der Waals surface area contributed by atoms with Gasteiger partial charge in [0.2, 0.25) is 0 Å². The Kier molecular flexibility index (Phi) is 3.74. The van der Waals surface area contributed by atoms with Crippen LogP contribution in [-0.2, 0) is 0 Å². The molecule has 0 N–H and O–H groups in total. The second-order valence-electron chi connectivity index (χ2n) is 6.07. The van der Waals surface area contributed by atoms with Crippen LogP contribution in [0.15, 0.2) is 0 Å². The zero-order chi connectivity index (χ0) is 10.7. The van der Waals surface area contributed by atoms with E-state index in [1.807, 2.05) is 0 Å². The van der Waals surface area contributed by atoms with E-state index >= 15 is 0 Å². The lowest BCUT2D eigenvalue weighted by Gasteiger charge is -2.39. The summed E-state index contributed by atoms with van der Waals surface area (Å²) in [6, 6.07) is 0. The van der Waals surface area contributed by atoms with Gasteiger partial charge in [0.1, 0.15) is 0 Å². The van der Waals surface area contributed by atoms with Crippen LogP contribution in [0.3, 0.4) is 0 Å². The Hall–Kier alpha value is 0. The first-order valence-electron chi connectivity index (χ1n) is 7.30. The molecule has 2 aliphatic carbocycles. The normalized spacial score (nSPS) is 42.0. The van der Waals surface area contributed by atoms with Gasteiger partial charge in [-0.2, -0.15) is 0 Å². The van der Waals surface area contributed by atoms with Crippen LogP contribution < -0.4 is 0 Å². The van der Waals surface area contributed by atoms with Crippen molar-refractivity contribution in [3.05, 3.63) is 0 Å². The van der Waals surface area contributed by atoms with Gasteiger partial charge in [0.25, 0.3) is 0 Å². The lowest BCUT2D eigenvalue weighted by molar-refractivity contribution is 0.110. The molecule has 2 bridgehead atoms. The van der Waals surface area contributed by atoms with E-state index in [0.717, 1.165) is 17.3 Å². The summed E-state index contributed by atoms with van der Waals surface area (Å²) in [5.74, 6) is 2.13.